The molecule has 0 aliphatic carbocycles. The molecule has 0 atom stereocenters. The number of ether oxygens (including phenoxy) is 1. The molecule has 0 bridgehead atoms. The van der Waals surface area contributed by atoms with Crippen molar-refractivity contribution in [3.8, 4) is 11.3 Å². The molecule has 0 radical (unpaired) electrons. The van der Waals surface area contributed by atoms with Crippen LogP contribution in [0, 0.1) is 10.1 Å². The molecule has 0 amide bonds. The first-order valence-corrected chi connectivity index (χ1v) is 6.16. The molecule has 0 N–H and O–H groups in total. The minimum Gasteiger partial charge on any atom is -0.465 e. The van der Waals surface area contributed by atoms with Crippen molar-refractivity contribution < 1.29 is 14.5 Å². The third-order valence-corrected chi connectivity index (χ3v) is 2.90. The Kier molecular flexibility index (Phi) is 4.04. The number of nitro groups is 1. The minimum absolute atomic E-state index is 0.136. The normalized spacial score (nSPS) is 10.1. The molecule has 102 valence electrons. The predicted molar refractivity (Wildman–Crippen MR) is 73.2 cm³/mol. The third-order valence-electron chi connectivity index (χ3n) is 2.46. The number of rotatable bonds is 3. The molecule has 0 fully saturated rings. The van der Waals surface area contributed by atoms with E-state index in [4.69, 9.17) is 0 Å². The van der Waals surface area contributed by atoms with Crippen LogP contribution in [0.25, 0.3) is 11.3 Å². The second-order valence-electron chi connectivity index (χ2n) is 3.73. The number of methoxy groups -OCH3 is 1. The van der Waals surface area contributed by atoms with Crippen LogP contribution in [0.5, 0.6) is 0 Å². The first-order chi connectivity index (χ1) is 9.52. The highest BCUT2D eigenvalue weighted by Gasteiger charge is 2.19. The molecule has 2 rings (SSSR count). The topological polar surface area (TPSA) is 95.2 Å². The molecule has 20 heavy (non-hydrogen) atoms. The highest BCUT2D eigenvalue weighted by atomic mass is 79.9. The Hall–Kier alpha value is -2.35. The lowest BCUT2D eigenvalue weighted by Crippen LogP contribution is -2.02. The quantitative estimate of drug-likeness (QED) is 0.485. The number of hydrogen-bond acceptors (Lipinski definition) is 6. The van der Waals surface area contributed by atoms with Crippen LogP contribution in [0.2, 0.25) is 0 Å². The fourth-order valence-corrected chi connectivity index (χ4v) is 1.91. The number of nitrogens with zero attached hydrogens (tertiary/aromatic N) is 3. The lowest BCUT2D eigenvalue weighted by atomic mass is 10.1. The Bertz CT molecular complexity index is 690. The largest absolute Gasteiger partial charge is 0.465 e. The minimum atomic E-state index is -0.570. The lowest BCUT2D eigenvalue weighted by molar-refractivity contribution is -0.384. The van der Waals surface area contributed by atoms with E-state index in [1.807, 2.05) is 0 Å². The summed E-state index contributed by atoms with van der Waals surface area (Å²) >= 11 is 3.13. The summed E-state index contributed by atoms with van der Waals surface area (Å²) in [6.45, 7) is 0. The van der Waals surface area contributed by atoms with E-state index in [1.54, 1.807) is 0 Å². The van der Waals surface area contributed by atoms with E-state index in [1.165, 1.54) is 37.8 Å². The van der Waals surface area contributed by atoms with Gasteiger partial charge in [-0.1, -0.05) is 0 Å². The number of aromatic nitrogens is 2. The van der Waals surface area contributed by atoms with E-state index >= 15 is 0 Å². The summed E-state index contributed by atoms with van der Waals surface area (Å²) in [5.41, 5.74) is 0.524. The van der Waals surface area contributed by atoms with Gasteiger partial charge in [0.1, 0.15) is 5.69 Å². The number of hydrogen-bond donors (Lipinski definition) is 0. The van der Waals surface area contributed by atoms with Gasteiger partial charge in [-0.3, -0.25) is 15.1 Å². The van der Waals surface area contributed by atoms with E-state index in [0.717, 1.165) is 0 Å². The van der Waals surface area contributed by atoms with Gasteiger partial charge in [0.05, 0.1) is 17.6 Å². The number of carbonyl (C=O) groups is 1. The number of carbonyl (C=O) groups excluding carboxylic acids is 1. The van der Waals surface area contributed by atoms with Crippen LogP contribution in [0.15, 0.2) is 35.2 Å². The molecule has 7 nitrogen and oxygen atoms in total. The highest BCUT2D eigenvalue weighted by molar-refractivity contribution is 9.10. The van der Waals surface area contributed by atoms with Gasteiger partial charge in [-0.05, 0) is 22.0 Å². The standard InChI is InChI=1S/C12H8BrN3O4/c1-20-12(17)8-2-7(4-14-5-8)11-10(16(18)19)3-9(13)6-15-11/h2-6H,1H3. The summed E-state index contributed by atoms with van der Waals surface area (Å²) in [4.78, 5) is 29.9. The second-order valence-corrected chi connectivity index (χ2v) is 4.65. The van der Waals surface area contributed by atoms with Crippen molar-refractivity contribution in [1.82, 2.24) is 9.97 Å². The van der Waals surface area contributed by atoms with Crippen molar-refractivity contribution in [3.05, 3.63) is 50.9 Å². The molecular formula is C12H8BrN3O4. The van der Waals surface area contributed by atoms with Crippen LogP contribution in [-0.2, 0) is 4.74 Å². The first kappa shape index (κ1) is 14.1. The van der Waals surface area contributed by atoms with Gasteiger partial charge in [0, 0.05) is 34.7 Å². The van der Waals surface area contributed by atoms with E-state index in [9.17, 15) is 14.9 Å². The van der Waals surface area contributed by atoms with Crippen molar-refractivity contribution in [2.45, 2.75) is 0 Å². The van der Waals surface area contributed by atoms with Crippen LogP contribution in [0.1, 0.15) is 10.4 Å². The number of pyridine rings is 2. The number of halogens is 1. The summed E-state index contributed by atoms with van der Waals surface area (Å²) in [6.07, 6.45) is 4.16. The molecule has 2 aromatic heterocycles. The monoisotopic (exact) mass is 337 g/mol. The fourth-order valence-electron chi connectivity index (χ4n) is 1.59. The third kappa shape index (κ3) is 2.80. The Morgan fingerprint density at radius 1 is 1.35 bits per heavy atom. The van der Waals surface area contributed by atoms with E-state index in [2.05, 4.69) is 30.6 Å². The zero-order valence-corrected chi connectivity index (χ0v) is 11.8. The van der Waals surface area contributed by atoms with Crippen LogP contribution >= 0.6 is 15.9 Å². The molecule has 0 saturated heterocycles. The van der Waals surface area contributed by atoms with Crippen molar-refractivity contribution in [3.63, 3.8) is 0 Å². The van der Waals surface area contributed by atoms with Gasteiger partial charge in [-0.2, -0.15) is 0 Å². The van der Waals surface area contributed by atoms with E-state index in [0.29, 0.717) is 10.0 Å². The van der Waals surface area contributed by atoms with Gasteiger partial charge in [-0.25, -0.2) is 9.78 Å². The van der Waals surface area contributed by atoms with Gasteiger partial charge in [0.25, 0.3) is 5.69 Å². The van der Waals surface area contributed by atoms with Gasteiger partial charge in [0.15, 0.2) is 0 Å². The highest BCUT2D eigenvalue weighted by Crippen LogP contribution is 2.29. The Labute approximate surface area is 121 Å². The van der Waals surface area contributed by atoms with Gasteiger partial charge in [-0.15, -0.1) is 0 Å². The molecule has 2 aromatic rings. The summed E-state index contributed by atoms with van der Waals surface area (Å²) in [5, 5.41) is 11.1. The fraction of sp³-hybridized carbons (Fsp3) is 0.0833. The molecule has 0 aliphatic heterocycles. The average molecular weight is 338 g/mol. The smallest absolute Gasteiger partial charge is 0.339 e. The van der Waals surface area contributed by atoms with Gasteiger partial charge >= 0.3 is 5.97 Å². The zero-order chi connectivity index (χ0) is 14.7. The molecule has 0 spiro atoms. The van der Waals surface area contributed by atoms with Crippen LogP contribution in [0.4, 0.5) is 5.69 Å². The van der Waals surface area contributed by atoms with Crippen molar-refractivity contribution in [1.29, 1.82) is 0 Å². The molecule has 0 saturated carbocycles. The first-order valence-electron chi connectivity index (χ1n) is 5.36. The molecule has 0 aliphatic rings. The van der Waals surface area contributed by atoms with Crippen LogP contribution in [0.3, 0.4) is 0 Å². The molecular weight excluding hydrogens is 330 g/mol. The SMILES string of the molecule is COC(=O)c1cncc(-c2ncc(Br)cc2[N+](=O)[O-])c1. The summed E-state index contributed by atoms with van der Waals surface area (Å²) in [6, 6.07) is 2.79. The summed E-state index contributed by atoms with van der Waals surface area (Å²) in [5.74, 6) is -0.570. The van der Waals surface area contributed by atoms with Crippen molar-refractivity contribution in [2.24, 2.45) is 0 Å². The Balaban J connectivity index is 2.57. The molecule has 0 aromatic carbocycles. The number of esters is 1. The Morgan fingerprint density at radius 3 is 2.75 bits per heavy atom. The van der Waals surface area contributed by atoms with Crippen molar-refractivity contribution >= 4 is 27.6 Å². The van der Waals surface area contributed by atoms with Crippen LogP contribution in [-0.4, -0.2) is 28.0 Å². The molecule has 2 heterocycles. The summed E-state index contributed by atoms with van der Waals surface area (Å²) < 4.78 is 5.07. The van der Waals surface area contributed by atoms with E-state index < -0.39 is 10.9 Å². The second kappa shape index (κ2) is 5.74. The maximum atomic E-state index is 11.4. The summed E-state index contributed by atoms with van der Waals surface area (Å²) in [7, 11) is 1.25. The van der Waals surface area contributed by atoms with Crippen LogP contribution < -0.4 is 0 Å². The molecule has 8 heteroatoms. The Morgan fingerprint density at radius 2 is 2.10 bits per heavy atom. The zero-order valence-electron chi connectivity index (χ0n) is 10.2. The van der Waals surface area contributed by atoms with Gasteiger partial charge < -0.3 is 4.74 Å². The predicted octanol–water partition coefficient (Wildman–Crippen LogP) is 2.60. The van der Waals surface area contributed by atoms with Crippen molar-refractivity contribution in [2.75, 3.05) is 7.11 Å². The van der Waals surface area contributed by atoms with Gasteiger partial charge in [0.2, 0.25) is 0 Å². The van der Waals surface area contributed by atoms with E-state index in [-0.39, 0.29) is 16.9 Å². The maximum Gasteiger partial charge on any atom is 0.339 e. The lowest BCUT2D eigenvalue weighted by Gasteiger charge is -2.04. The average Bonchev–Trinajstić information content (AvgIpc) is 2.46. The maximum absolute atomic E-state index is 11.4. The molecule has 0 unspecified atom stereocenters.